The first-order valence-electron chi connectivity index (χ1n) is 5.93. The number of rotatable bonds is 2. The number of benzene rings is 1. The van der Waals surface area contributed by atoms with E-state index in [0.717, 1.165) is 12.2 Å². The molecule has 0 saturated carbocycles. The van der Waals surface area contributed by atoms with Crippen molar-refractivity contribution in [1.29, 1.82) is 0 Å². The predicted octanol–water partition coefficient (Wildman–Crippen LogP) is 1.74. The Morgan fingerprint density at radius 3 is 2.68 bits per heavy atom. The van der Waals surface area contributed by atoms with Crippen LogP contribution in [0.25, 0.3) is 0 Å². The van der Waals surface area contributed by atoms with Gasteiger partial charge in [-0.1, -0.05) is 0 Å². The van der Waals surface area contributed by atoms with E-state index in [4.69, 9.17) is 5.11 Å². The molecule has 1 N–H and O–H groups in total. The van der Waals surface area contributed by atoms with Gasteiger partial charge in [0.05, 0.1) is 18.6 Å². The summed E-state index contributed by atoms with van der Waals surface area (Å²) in [5, 5.41) is 9.08. The van der Waals surface area contributed by atoms with Crippen LogP contribution in [0.3, 0.4) is 0 Å². The van der Waals surface area contributed by atoms with E-state index in [1.807, 2.05) is 9.47 Å². The number of halogens is 1. The fraction of sp³-hybridized carbons (Fsp3) is 0.231. The summed E-state index contributed by atoms with van der Waals surface area (Å²) in [7, 11) is 0. The molecule has 6 heteroatoms. The molecule has 0 bridgehead atoms. The Morgan fingerprint density at radius 1 is 1.26 bits per heavy atom. The topological polar surface area (TPSA) is 58.4 Å². The van der Waals surface area contributed by atoms with Crippen LogP contribution in [-0.4, -0.2) is 27.2 Å². The lowest BCUT2D eigenvalue weighted by Crippen LogP contribution is -2.34. The van der Waals surface area contributed by atoms with Gasteiger partial charge in [-0.05, 0) is 24.3 Å². The van der Waals surface area contributed by atoms with Crippen LogP contribution in [0.1, 0.15) is 16.2 Å². The molecule has 1 aliphatic heterocycles. The highest BCUT2D eigenvalue weighted by molar-refractivity contribution is 5.86. The highest BCUT2D eigenvalue weighted by Gasteiger charge is 2.23. The van der Waals surface area contributed by atoms with Crippen molar-refractivity contribution in [3.05, 3.63) is 47.8 Å². The molecular formula is C13H12FN3O2. The van der Waals surface area contributed by atoms with Gasteiger partial charge in [-0.25, -0.2) is 14.2 Å². The van der Waals surface area contributed by atoms with Gasteiger partial charge in [0.1, 0.15) is 5.82 Å². The summed E-state index contributed by atoms with van der Waals surface area (Å²) in [5.74, 6) is -1.30. The van der Waals surface area contributed by atoms with Crippen LogP contribution in [0.15, 0.2) is 30.6 Å². The molecule has 3 rings (SSSR count). The van der Waals surface area contributed by atoms with Crippen LogP contribution in [0, 0.1) is 5.82 Å². The summed E-state index contributed by atoms with van der Waals surface area (Å²) in [5.41, 5.74) is 1.65. The van der Waals surface area contributed by atoms with Gasteiger partial charge < -0.3 is 14.6 Å². The van der Waals surface area contributed by atoms with E-state index in [0.29, 0.717) is 18.8 Å². The molecular weight excluding hydrogens is 249 g/mol. The minimum Gasteiger partial charge on any atom is -0.476 e. The monoisotopic (exact) mass is 261 g/mol. The van der Waals surface area contributed by atoms with Gasteiger partial charge in [-0.3, -0.25) is 0 Å². The standard InChI is InChI=1S/C13H12FN3O2/c14-9-1-3-10(4-2-9)16-5-6-17-8-15-12(13(18)19)11(17)7-16/h1-4,8H,5-7H2,(H,18,19). The summed E-state index contributed by atoms with van der Waals surface area (Å²) in [6.45, 7) is 1.88. The number of carboxylic acids is 1. The number of aromatic carboxylic acids is 1. The largest absolute Gasteiger partial charge is 0.476 e. The maximum atomic E-state index is 12.9. The molecule has 0 aliphatic carbocycles. The van der Waals surface area contributed by atoms with E-state index in [-0.39, 0.29) is 11.5 Å². The number of aromatic nitrogens is 2. The number of imidazole rings is 1. The molecule has 19 heavy (non-hydrogen) atoms. The van der Waals surface area contributed by atoms with Gasteiger partial charge >= 0.3 is 5.97 Å². The van der Waals surface area contributed by atoms with Crippen molar-refractivity contribution >= 4 is 11.7 Å². The summed E-state index contributed by atoms with van der Waals surface area (Å²) < 4.78 is 14.8. The van der Waals surface area contributed by atoms with Crippen molar-refractivity contribution in [3.8, 4) is 0 Å². The average Bonchev–Trinajstić information content (AvgIpc) is 2.82. The van der Waals surface area contributed by atoms with Crippen molar-refractivity contribution in [1.82, 2.24) is 9.55 Å². The molecule has 98 valence electrons. The summed E-state index contributed by atoms with van der Waals surface area (Å²) >= 11 is 0. The maximum absolute atomic E-state index is 12.9. The summed E-state index contributed by atoms with van der Waals surface area (Å²) in [6.07, 6.45) is 1.56. The van der Waals surface area contributed by atoms with Crippen molar-refractivity contribution in [2.24, 2.45) is 0 Å². The van der Waals surface area contributed by atoms with Gasteiger partial charge in [0, 0.05) is 18.8 Å². The minimum absolute atomic E-state index is 0.0896. The van der Waals surface area contributed by atoms with Gasteiger partial charge in [-0.15, -0.1) is 0 Å². The molecule has 2 aromatic rings. The normalized spacial score (nSPS) is 14.3. The SMILES string of the molecule is O=C(O)c1ncn2c1CN(c1ccc(F)cc1)CC2. The number of carbonyl (C=O) groups is 1. The fourth-order valence-electron chi connectivity index (χ4n) is 2.31. The number of anilines is 1. The zero-order valence-electron chi connectivity index (χ0n) is 10.1. The van der Waals surface area contributed by atoms with Crippen molar-refractivity contribution in [3.63, 3.8) is 0 Å². The van der Waals surface area contributed by atoms with Gasteiger partial charge in [-0.2, -0.15) is 0 Å². The number of carboxylic acid groups (broad SMARTS) is 1. The molecule has 0 saturated heterocycles. The van der Waals surface area contributed by atoms with E-state index in [9.17, 15) is 9.18 Å². The second kappa shape index (κ2) is 4.38. The number of nitrogens with zero attached hydrogens (tertiary/aromatic N) is 3. The third kappa shape index (κ3) is 2.05. The van der Waals surface area contributed by atoms with Crippen LogP contribution >= 0.6 is 0 Å². The van der Waals surface area contributed by atoms with Crippen LogP contribution in [0.2, 0.25) is 0 Å². The Labute approximate surface area is 108 Å². The lowest BCUT2D eigenvalue weighted by Gasteiger charge is -2.30. The van der Waals surface area contributed by atoms with E-state index < -0.39 is 5.97 Å². The Bertz CT molecular complexity index is 621. The molecule has 1 aromatic heterocycles. The lowest BCUT2D eigenvalue weighted by molar-refractivity contribution is 0.0689. The number of fused-ring (bicyclic) bond motifs is 1. The van der Waals surface area contributed by atoms with Crippen molar-refractivity contribution in [2.45, 2.75) is 13.1 Å². The molecule has 0 spiro atoms. The van der Waals surface area contributed by atoms with Gasteiger partial charge in [0.2, 0.25) is 0 Å². The van der Waals surface area contributed by atoms with E-state index in [1.165, 1.54) is 12.1 Å². The quantitative estimate of drug-likeness (QED) is 0.894. The van der Waals surface area contributed by atoms with Crippen LogP contribution in [0.4, 0.5) is 10.1 Å². The third-order valence-corrected chi connectivity index (χ3v) is 3.29. The summed E-state index contributed by atoms with van der Waals surface area (Å²) in [6, 6.07) is 6.20. The van der Waals surface area contributed by atoms with E-state index >= 15 is 0 Å². The van der Waals surface area contributed by atoms with Crippen LogP contribution in [0.5, 0.6) is 0 Å². The second-order valence-electron chi connectivity index (χ2n) is 4.44. The highest BCUT2D eigenvalue weighted by Crippen LogP contribution is 2.22. The van der Waals surface area contributed by atoms with E-state index in [1.54, 1.807) is 18.5 Å². The fourth-order valence-corrected chi connectivity index (χ4v) is 2.31. The molecule has 1 aliphatic rings. The zero-order chi connectivity index (χ0) is 13.4. The first-order valence-corrected chi connectivity index (χ1v) is 5.93. The molecule has 0 fully saturated rings. The Hall–Kier alpha value is -2.37. The van der Waals surface area contributed by atoms with E-state index in [2.05, 4.69) is 4.98 Å². The van der Waals surface area contributed by atoms with Crippen LogP contribution in [-0.2, 0) is 13.1 Å². The molecule has 0 atom stereocenters. The number of hydrogen-bond acceptors (Lipinski definition) is 3. The maximum Gasteiger partial charge on any atom is 0.356 e. The summed E-state index contributed by atoms with van der Waals surface area (Å²) in [4.78, 5) is 17.0. The second-order valence-corrected chi connectivity index (χ2v) is 4.44. The molecule has 1 aromatic carbocycles. The lowest BCUT2D eigenvalue weighted by atomic mass is 10.2. The zero-order valence-corrected chi connectivity index (χ0v) is 10.1. The van der Waals surface area contributed by atoms with Crippen molar-refractivity contribution < 1.29 is 14.3 Å². The third-order valence-electron chi connectivity index (χ3n) is 3.29. The van der Waals surface area contributed by atoms with Crippen LogP contribution < -0.4 is 4.90 Å². The van der Waals surface area contributed by atoms with Gasteiger partial charge in [0.15, 0.2) is 5.69 Å². The average molecular weight is 261 g/mol. The predicted molar refractivity (Wildman–Crippen MR) is 66.6 cm³/mol. The van der Waals surface area contributed by atoms with Crippen molar-refractivity contribution in [2.75, 3.05) is 11.4 Å². The molecule has 0 radical (unpaired) electrons. The molecule has 2 heterocycles. The Kier molecular flexibility index (Phi) is 2.70. The minimum atomic E-state index is -1.02. The highest BCUT2D eigenvalue weighted by atomic mass is 19.1. The first-order chi connectivity index (χ1) is 9.15. The molecule has 0 unspecified atom stereocenters. The smallest absolute Gasteiger partial charge is 0.356 e. The first kappa shape index (κ1) is 11.7. The Balaban J connectivity index is 1.90. The molecule has 5 nitrogen and oxygen atoms in total. The Morgan fingerprint density at radius 2 is 2.00 bits per heavy atom. The number of hydrogen-bond donors (Lipinski definition) is 1. The molecule has 0 amide bonds. The van der Waals surface area contributed by atoms with Gasteiger partial charge in [0.25, 0.3) is 0 Å².